The molecule has 0 fully saturated rings. The van der Waals surface area contributed by atoms with Crippen LogP contribution in [0.1, 0.15) is 27.8 Å². The van der Waals surface area contributed by atoms with Gasteiger partial charge in [0.05, 0.1) is 10.6 Å². The number of hydrogen-bond donors (Lipinski definition) is 1. The molecule has 0 aliphatic carbocycles. The summed E-state index contributed by atoms with van der Waals surface area (Å²) < 4.78 is 28.2. The van der Waals surface area contributed by atoms with Gasteiger partial charge in [0.25, 0.3) is 10.0 Å². The molecule has 0 unspecified atom stereocenters. The predicted octanol–water partition coefficient (Wildman–Crippen LogP) is 5.17. The van der Waals surface area contributed by atoms with Gasteiger partial charge in [-0.2, -0.15) is 11.8 Å². The Morgan fingerprint density at radius 1 is 0.853 bits per heavy atom. The first-order chi connectivity index (χ1) is 16.2. The van der Waals surface area contributed by atoms with Crippen molar-refractivity contribution in [2.45, 2.75) is 38.3 Å². The van der Waals surface area contributed by atoms with Crippen LogP contribution in [0.5, 0.6) is 0 Å². The number of amides is 1. The molecule has 0 spiro atoms. The lowest BCUT2D eigenvalue weighted by Crippen LogP contribution is -2.41. The zero-order valence-electron chi connectivity index (χ0n) is 20.2. The Morgan fingerprint density at radius 3 is 2.06 bits per heavy atom. The maximum Gasteiger partial charge on any atom is 0.264 e. The van der Waals surface area contributed by atoms with E-state index in [0.717, 1.165) is 28.2 Å². The van der Waals surface area contributed by atoms with Gasteiger partial charge in [-0.15, -0.1) is 0 Å². The van der Waals surface area contributed by atoms with Crippen molar-refractivity contribution in [1.82, 2.24) is 5.32 Å². The van der Waals surface area contributed by atoms with Crippen LogP contribution in [0.4, 0.5) is 5.69 Å². The first-order valence-electron chi connectivity index (χ1n) is 11.2. The van der Waals surface area contributed by atoms with Crippen LogP contribution >= 0.6 is 11.8 Å². The molecular weight excluding hydrogens is 464 g/mol. The molecule has 0 aromatic heterocycles. The van der Waals surface area contributed by atoms with Crippen LogP contribution in [0.25, 0.3) is 0 Å². The molecule has 0 aliphatic heterocycles. The molecule has 0 heterocycles. The van der Waals surface area contributed by atoms with Crippen LogP contribution in [0.2, 0.25) is 0 Å². The number of aryl methyl sites for hydroxylation is 4. The van der Waals surface area contributed by atoms with Gasteiger partial charge in [-0.05, 0) is 57.0 Å². The highest BCUT2D eigenvalue weighted by molar-refractivity contribution is 7.98. The first-order valence-corrected chi connectivity index (χ1v) is 13.8. The Morgan fingerprint density at radius 2 is 1.44 bits per heavy atom. The second-order valence-electron chi connectivity index (χ2n) is 8.50. The summed E-state index contributed by atoms with van der Waals surface area (Å²) in [6.45, 7) is 7.98. The maximum atomic E-state index is 13.5. The molecule has 1 amide bonds. The lowest BCUT2D eigenvalue weighted by atomic mass is 10.1. The lowest BCUT2D eigenvalue weighted by Gasteiger charge is -2.26. The highest BCUT2D eigenvalue weighted by Gasteiger charge is 2.28. The Hall–Kier alpha value is -2.77. The fourth-order valence-electron chi connectivity index (χ4n) is 3.55. The van der Waals surface area contributed by atoms with Gasteiger partial charge in [-0.3, -0.25) is 9.10 Å². The maximum absolute atomic E-state index is 13.5. The van der Waals surface area contributed by atoms with Crippen LogP contribution in [0, 0.1) is 27.7 Å². The van der Waals surface area contributed by atoms with E-state index in [1.165, 1.54) is 15.4 Å². The molecule has 0 saturated carbocycles. The number of benzene rings is 3. The molecule has 3 aromatic rings. The quantitative estimate of drug-likeness (QED) is 0.394. The predicted molar refractivity (Wildman–Crippen MR) is 142 cm³/mol. The van der Waals surface area contributed by atoms with Gasteiger partial charge >= 0.3 is 0 Å². The van der Waals surface area contributed by atoms with Crippen molar-refractivity contribution >= 4 is 33.4 Å². The Labute approximate surface area is 207 Å². The molecule has 180 valence electrons. The van der Waals surface area contributed by atoms with E-state index in [1.54, 1.807) is 42.1 Å². The Balaban J connectivity index is 1.68. The van der Waals surface area contributed by atoms with Crippen LogP contribution in [0.15, 0.2) is 71.6 Å². The minimum absolute atomic E-state index is 0.166. The third-order valence-corrected chi connectivity index (χ3v) is 8.28. The normalized spacial score (nSPS) is 11.3. The van der Waals surface area contributed by atoms with Crippen molar-refractivity contribution < 1.29 is 13.2 Å². The van der Waals surface area contributed by atoms with Gasteiger partial charge in [0.1, 0.15) is 6.54 Å². The molecule has 34 heavy (non-hydrogen) atoms. The van der Waals surface area contributed by atoms with Gasteiger partial charge in [-0.25, -0.2) is 8.42 Å². The molecule has 5 nitrogen and oxygen atoms in total. The summed E-state index contributed by atoms with van der Waals surface area (Å²) in [6, 6.07) is 20.6. The molecule has 7 heteroatoms. The number of carbonyl (C=O) groups excluding carboxylic acids is 1. The van der Waals surface area contributed by atoms with Gasteiger partial charge in [0, 0.05) is 18.1 Å². The molecule has 0 saturated heterocycles. The molecule has 0 aliphatic rings. The fourth-order valence-corrected chi connectivity index (χ4v) is 5.85. The Bertz CT molecular complexity index is 1220. The molecule has 0 radical (unpaired) electrons. The second-order valence-corrected chi connectivity index (χ2v) is 11.5. The van der Waals surface area contributed by atoms with Crippen LogP contribution in [-0.2, 0) is 20.6 Å². The minimum Gasteiger partial charge on any atom is -0.354 e. The zero-order chi connectivity index (χ0) is 24.7. The second kappa shape index (κ2) is 11.6. The summed E-state index contributed by atoms with van der Waals surface area (Å²) in [7, 11) is -3.91. The van der Waals surface area contributed by atoms with E-state index < -0.39 is 10.0 Å². The van der Waals surface area contributed by atoms with Crippen molar-refractivity contribution in [3.63, 3.8) is 0 Å². The monoisotopic (exact) mass is 496 g/mol. The minimum atomic E-state index is -3.91. The number of sulfonamides is 1. The summed E-state index contributed by atoms with van der Waals surface area (Å²) in [5, 5.41) is 2.88. The number of thioether (sulfide) groups is 1. The standard InChI is InChI=1S/C27H32N2O3S2/c1-20-5-10-24(11-6-20)19-33-16-15-28-27(30)18-29(26-14-9-22(3)17-23(26)4)34(31,32)25-12-7-21(2)8-13-25/h5-14,17H,15-16,18-19H2,1-4H3,(H,28,30). The smallest absolute Gasteiger partial charge is 0.264 e. The third kappa shape index (κ3) is 6.87. The third-order valence-electron chi connectivity index (χ3n) is 5.48. The summed E-state index contributed by atoms with van der Waals surface area (Å²) in [4.78, 5) is 12.9. The summed E-state index contributed by atoms with van der Waals surface area (Å²) in [6.07, 6.45) is 0. The molecule has 1 N–H and O–H groups in total. The van der Waals surface area contributed by atoms with E-state index in [9.17, 15) is 13.2 Å². The van der Waals surface area contributed by atoms with Crippen molar-refractivity contribution in [1.29, 1.82) is 0 Å². The van der Waals surface area contributed by atoms with Crippen LogP contribution < -0.4 is 9.62 Å². The van der Waals surface area contributed by atoms with Gasteiger partial charge < -0.3 is 5.32 Å². The van der Waals surface area contributed by atoms with Crippen molar-refractivity contribution in [2.24, 2.45) is 0 Å². The van der Waals surface area contributed by atoms with Crippen LogP contribution in [-0.4, -0.2) is 33.2 Å². The summed E-state index contributed by atoms with van der Waals surface area (Å²) in [5.74, 6) is 1.28. The van der Waals surface area contributed by atoms with Gasteiger partial charge in [-0.1, -0.05) is 65.2 Å². The summed E-state index contributed by atoms with van der Waals surface area (Å²) >= 11 is 1.73. The lowest BCUT2D eigenvalue weighted by molar-refractivity contribution is -0.119. The van der Waals surface area contributed by atoms with Crippen LogP contribution in [0.3, 0.4) is 0 Å². The molecule has 3 rings (SSSR count). The van der Waals surface area contributed by atoms with Crippen molar-refractivity contribution in [3.05, 3.63) is 94.5 Å². The summed E-state index contributed by atoms with van der Waals surface area (Å²) in [5.41, 5.74) is 5.79. The first kappa shape index (κ1) is 25.8. The fraction of sp³-hybridized carbons (Fsp3) is 0.296. The number of anilines is 1. The average molecular weight is 497 g/mol. The number of nitrogens with zero attached hydrogens (tertiary/aromatic N) is 1. The number of carbonyl (C=O) groups is 1. The molecular formula is C27H32N2O3S2. The van der Waals surface area contributed by atoms with E-state index >= 15 is 0 Å². The van der Waals surface area contributed by atoms with Crippen molar-refractivity contribution in [3.8, 4) is 0 Å². The highest BCUT2D eigenvalue weighted by atomic mass is 32.2. The highest BCUT2D eigenvalue weighted by Crippen LogP contribution is 2.27. The van der Waals surface area contributed by atoms with E-state index in [2.05, 4.69) is 36.5 Å². The van der Waals surface area contributed by atoms with E-state index in [0.29, 0.717) is 12.2 Å². The molecule has 0 atom stereocenters. The van der Waals surface area contributed by atoms with Gasteiger partial charge in [0.15, 0.2) is 0 Å². The largest absolute Gasteiger partial charge is 0.354 e. The van der Waals surface area contributed by atoms with E-state index in [1.807, 2.05) is 32.9 Å². The van der Waals surface area contributed by atoms with Gasteiger partial charge in [0.2, 0.25) is 5.91 Å². The number of rotatable bonds is 10. The van der Waals surface area contributed by atoms with E-state index in [-0.39, 0.29) is 17.3 Å². The SMILES string of the molecule is Cc1ccc(CSCCNC(=O)CN(c2ccc(C)cc2C)S(=O)(=O)c2ccc(C)cc2)cc1. The zero-order valence-corrected chi connectivity index (χ0v) is 21.8. The van der Waals surface area contributed by atoms with Crippen molar-refractivity contribution in [2.75, 3.05) is 23.1 Å². The molecule has 3 aromatic carbocycles. The Kier molecular flexibility index (Phi) is 8.80. The topological polar surface area (TPSA) is 66.5 Å². The number of hydrogen-bond acceptors (Lipinski definition) is 4. The number of nitrogens with one attached hydrogen (secondary N) is 1. The molecule has 0 bridgehead atoms. The van der Waals surface area contributed by atoms with E-state index in [4.69, 9.17) is 0 Å². The average Bonchev–Trinajstić information content (AvgIpc) is 2.79.